The molecule has 0 amide bonds. The van der Waals surface area contributed by atoms with Gasteiger partial charge in [-0.25, -0.2) is 0 Å². The highest BCUT2D eigenvalue weighted by Crippen LogP contribution is 2.51. The summed E-state index contributed by atoms with van der Waals surface area (Å²) in [4.78, 5) is 0. The van der Waals surface area contributed by atoms with Crippen LogP contribution in [-0.4, -0.2) is 74.1 Å². The smallest absolute Gasteiger partial charge is 0.171 e. The van der Waals surface area contributed by atoms with Gasteiger partial charge in [-0.05, 0) is 71.5 Å². The fraction of sp³-hybridized carbons (Fsp3) is 1.00. The van der Waals surface area contributed by atoms with E-state index in [1.165, 1.54) is 76.2 Å². The molecular weight excluding hydrogens is 1550 g/mol. The minimum atomic E-state index is -5.19. The Hall–Kier alpha value is -2.52. The molecule has 0 aromatic carbocycles. The highest BCUT2D eigenvalue weighted by Gasteiger charge is 2.58. The lowest BCUT2D eigenvalue weighted by molar-refractivity contribution is -0.288. The molecule has 0 aliphatic heterocycles. The zero-order valence-electron chi connectivity index (χ0n) is 68.2. The maximum atomic E-state index is 12.3. The quantitative estimate of drug-likeness (QED) is 0.113. The van der Waals surface area contributed by atoms with Gasteiger partial charge in [0.05, 0.1) is 34.0 Å². The lowest BCUT2D eigenvalue weighted by Gasteiger charge is -2.40. The Morgan fingerprint density at radius 2 is 0.620 bits per heavy atom. The van der Waals surface area contributed by atoms with Crippen molar-refractivity contribution >= 4 is 0 Å². The summed E-state index contributed by atoms with van der Waals surface area (Å²) >= 11 is 0. The van der Waals surface area contributed by atoms with Crippen LogP contribution in [0.25, 0.3) is 0 Å². The summed E-state index contributed by atoms with van der Waals surface area (Å²) in [5.41, 5.74) is -6.04. The number of rotatable bonds is 19. The third kappa shape index (κ3) is 62.9. The molecule has 0 bridgehead atoms. The second kappa shape index (κ2) is 50.7. The van der Waals surface area contributed by atoms with E-state index in [2.05, 4.69) is 0 Å². The first-order valence-electron chi connectivity index (χ1n) is 35.4. The number of hydrogen-bond donors (Lipinski definition) is 0. The van der Waals surface area contributed by atoms with Gasteiger partial charge in [0, 0.05) is 12.8 Å². The molecule has 36 heteroatoms. The van der Waals surface area contributed by atoms with Gasteiger partial charge in [0.25, 0.3) is 0 Å². The number of hydrogen-bond acceptors (Lipinski definition) is 0. The van der Waals surface area contributed by atoms with Crippen molar-refractivity contribution in [1.29, 1.82) is 0 Å². The molecule has 0 spiro atoms. The minimum Gasteiger partial charge on any atom is -0.171 e. The van der Waals surface area contributed by atoms with Crippen LogP contribution in [0.2, 0.25) is 0 Å². The lowest BCUT2D eigenvalue weighted by Crippen LogP contribution is -2.43. The molecule has 6 atom stereocenters. The predicted molar refractivity (Wildman–Crippen MR) is 357 cm³/mol. The molecule has 3 unspecified atom stereocenters. The maximum absolute atomic E-state index is 12.3. The van der Waals surface area contributed by atoms with Gasteiger partial charge in [-0.3, -0.25) is 0 Å². The molecule has 0 heterocycles. The van der Waals surface area contributed by atoms with E-state index in [9.17, 15) is 158 Å². The van der Waals surface area contributed by atoms with E-state index in [1.807, 2.05) is 13.8 Å². The molecule has 0 N–H and O–H groups in total. The van der Waals surface area contributed by atoms with Crippen LogP contribution in [0.4, 0.5) is 158 Å². The molecule has 0 saturated heterocycles. The van der Waals surface area contributed by atoms with Crippen LogP contribution in [-0.2, 0) is 0 Å². The van der Waals surface area contributed by atoms with Gasteiger partial charge in [-0.15, -0.1) is 0 Å². The van der Waals surface area contributed by atoms with Crippen molar-refractivity contribution in [2.75, 3.05) is 0 Å². The first kappa shape index (κ1) is 126. The molecule has 0 aromatic heterocycles. The zero-order valence-corrected chi connectivity index (χ0v) is 68.2. The summed E-state index contributed by atoms with van der Waals surface area (Å²) in [5.74, 6) is -11.8. The molecule has 0 aliphatic rings. The van der Waals surface area contributed by atoms with E-state index in [0.717, 1.165) is 0 Å². The van der Waals surface area contributed by atoms with Gasteiger partial charge in [0.15, 0.2) is 11.8 Å². The topological polar surface area (TPSA) is 0 Å². The molecule has 0 radical (unpaired) electrons. The Morgan fingerprint density at radius 1 is 0.315 bits per heavy atom. The van der Waals surface area contributed by atoms with Gasteiger partial charge in [-0.2, -0.15) is 158 Å². The predicted octanol–water partition coefficient (Wildman–Crippen LogP) is 34.6. The highest BCUT2D eigenvalue weighted by atomic mass is 19.5. The normalized spacial score (nSPS) is 15.3. The maximum Gasteiger partial charge on any atom is 0.400 e. The van der Waals surface area contributed by atoms with Gasteiger partial charge in [0.1, 0.15) is 0 Å². The fourth-order valence-electron chi connectivity index (χ4n) is 7.16. The second-order valence-electron chi connectivity index (χ2n) is 31.6. The number of unbranched alkanes of at least 4 members (excludes halogenated alkanes) is 1. The van der Waals surface area contributed by atoms with E-state index in [1.54, 1.807) is 118 Å². The molecule has 0 saturated carbocycles. The minimum absolute atomic E-state index is 0.0658. The standard InChI is InChI=1S/2C8H15F3.2C7H10F6.6C7H13F3/c1-6(2,3)7(4,5)8(9,10)11;1-5(2)6(3)7(4)8(9,10)11;1-4(2)3-5(6(8,9)10)7(11,12)13;1-2-3-4-5(6(8,9)10)7(11,12)13;1-5(2)6(3,4)7(8,9)10;1-4-6(2,3)5-7(8,9)10;1-4-5-6(2,3)7(8,9)10;2*1-4-5(2)6(3)7(8,9)10;1-3-6(4-2)5-7(8,9)10/h1-5H3;5-7H,1-4H3;4-5H,3H2,1-2H3;5H,2-4H2,1H3;5H,1-4H3;2*4-5H2,1-3H3;2*5-6H,4H2,1-3H3;6H,3-5H2,1-2H3/t;6-,7?;;;;;;5?,6-;5-,6?;/m.1.....10./s1. The van der Waals surface area contributed by atoms with Crippen molar-refractivity contribution < 1.29 is 158 Å². The highest BCUT2D eigenvalue weighted by molar-refractivity contribution is 4.88. The molecule has 0 aromatic rings. The van der Waals surface area contributed by atoms with Crippen LogP contribution in [0, 0.1) is 98.1 Å². The molecule has 0 fully saturated rings. The van der Waals surface area contributed by atoms with E-state index < -0.39 is 162 Å². The second-order valence-corrected chi connectivity index (χ2v) is 31.6. The molecule has 108 heavy (non-hydrogen) atoms. The van der Waals surface area contributed by atoms with Crippen LogP contribution in [0.1, 0.15) is 291 Å². The third-order valence-electron chi connectivity index (χ3n) is 19.2. The Kier molecular flexibility index (Phi) is 59.3. The van der Waals surface area contributed by atoms with Crippen molar-refractivity contribution in [3.05, 3.63) is 0 Å². The summed E-state index contributed by atoms with van der Waals surface area (Å²) in [5, 5.41) is 0. The summed E-state index contributed by atoms with van der Waals surface area (Å²) in [6.45, 7) is 45.6. The van der Waals surface area contributed by atoms with Crippen molar-refractivity contribution in [2.24, 2.45) is 98.1 Å². The Labute approximate surface area is 620 Å². The van der Waals surface area contributed by atoms with Crippen LogP contribution in [0.15, 0.2) is 0 Å². The van der Waals surface area contributed by atoms with Crippen molar-refractivity contribution in [3.8, 4) is 0 Å². The van der Waals surface area contributed by atoms with Gasteiger partial charge in [0.2, 0.25) is 0 Å². The largest absolute Gasteiger partial charge is 0.400 e. The molecule has 668 valence electrons. The molecular formula is C72H128F36. The van der Waals surface area contributed by atoms with Gasteiger partial charge >= 0.3 is 74.1 Å². The monoisotopic (exact) mass is 1680 g/mol. The average Bonchev–Trinajstić information content (AvgIpc) is 0.794. The van der Waals surface area contributed by atoms with E-state index >= 15 is 0 Å². The Balaban J connectivity index is -0.000000124. The summed E-state index contributed by atoms with van der Waals surface area (Å²) < 4.78 is 429. The number of alkyl halides is 36. The molecule has 0 rings (SSSR count). The van der Waals surface area contributed by atoms with Gasteiger partial charge in [-0.1, -0.05) is 259 Å². The summed E-state index contributed by atoms with van der Waals surface area (Å²) in [7, 11) is 0. The van der Waals surface area contributed by atoms with Crippen molar-refractivity contribution in [2.45, 2.75) is 365 Å². The third-order valence-corrected chi connectivity index (χ3v) is 19.2. The van der Waals surface area contributed by atoms with Gasteiger partial charge < -0.3 is 0 Å². The Bertz CT molecular complexity index is 2060. The zero-order chi connectivity index (χ0) is 90.6. The summed E-state index contributed by atoms with van der Waals surface area (Å²) in [6, 6.07) is 0. The summed E-state index contributed by atoms with van der Waals surface area (Å²) in [6.07, 6.45) is -52.1. The SMILES string of the molecule is CC(C)(C)C(C)(C)C(F)(F)F.CC(C)C(C)(C)C(F)(F)F.CC(C)CC(C(F)(F)F)C(F)(F)F.CC(C)[C@@H](C)C(C)C(F)(F)F.CCC(C)(C)CC(F)(F)F.CCC(C)[C@@H](C)C(F)(F)F.CCC(CC)CC(F)(F)F.CCCC(C)(C)C(F)(F)F.CCCCC(C(F)(F)F)C(F)(F)F.CC[C@H](C)C(C)C(F)(F)F. The van der Waals surface area contributed by atoms with Crippen LogP contribution < -0.4 is 0 Å². The fourth-order valence-corrected chi connectivity index (χ4v) is 7.16. The molecule has 0 nitrogen and oxygen atoms in total. The van der Waals surface area contributed by atoms with Crippen molar-refractivity contribution in [1.82, 2.24) is 0 Å². The lowest BCUT2D eigenvalue weighted by atomic mass is 9.69. The molecule has 0 aliphatic carbocycles. The van der Waals surface area contributed by atoms with Crippen LogP contribution >= 0.6 is 0 Å². The van der Waals surface area contributed by atoms with E-state index in [4.69, 9.17) is 0 Å². The average molecular weight is 1680 g/mol. The Morgan fingerprint density at radius 3 is 0.704 bits per heavy atom. The van der Waals surface area contributed by atoms with Crippen molar-refractivity contribution in [3.63, 3.8) is 0 Å². The first-order chi connectivity index (χ1) is 46.6. The van der Waals surface area contributed by atoms with Crippen LogP contribution in [0.5, 0.6) is 0 Å². The van der Waals surface area contributed by atoms with E-state index in [-0.39, 0.29) is 48.3 Å². The van der Waals surface area contributed by atoms with Crippen LogP contribution in [0.3, 0.4) is 0 Å². The van der Waals surface area contributed by atoms with E-state index in [0.29, 0.717) is 44.9 Å². The number of halogens is 36. The first-order valence-corrected chi connectivity index (χ1v) is 35.4.